The molecule has 8 nitrogen and oxygen atoms in total. The molecule has 1 aromatic heterocycles. The number of fused-ring (bicyclic) bond motifs is 1. The predicted molar refractivity (Wildman–Crippen MR) is 176 cm³/mol. The molecule has 45 heavy (non-hydrogen) atoms. The van der Waals surface area contributed by atoms with Crippen LogP contribution in [0.4, 0.5) is 5.69 Å². The highest BCUT2D eigenvalue weighted by molar-refractivity contribution is 5.94. The third kappa shape index (κ3) is 6.75. The van der Waals surface area contributed by atoms with Gasteiger partial charge in [0.1, 0.15) is 18.0 Å². The van der Waals surface area contributed by atoms with Crippen LogP contribution in [0.5, 0.6) is 0 Å². The van der Waals surface area contributed by atoms with E-state index in [1.54, 1.807) is 12.1 Å². The summed E-state index contributed by atoms with van der Waals surface area (Å²) < 4.78 is 12.6. The van der Waals surface area contributed by atoms with Crippen molar-refractivity contribution >= 4 is 34.6 Å². The minimum atomic E-state index is -0.943. The van der Waals surface area contributed by atoms with E-state index in [0.29, 0.717) is 24.1 Å². The third-order valence-corrected chi connectivity index (χ3v) is 9.23. The second-order valence-electron chi connectivity index (χ2n) is 13.2. The lowest BCUT2D eigenvalue weighted by molar-refractivity contribution is -0.136. The van der Waals surface area contributed by atoms with E-state index in [4.69, 9.17) is 19.3 Å². The molecule has 1 atom stereocenters. The summed E-state index contributed by atoms with van der Waals surface area (Å²) in [6.45, 7) is 7.55. The number of nitrogens with one attached hydrogen (secondary N) is 1. The molecule has 1 unspecified atom stereocenters. The van der Waals surface area contributed by atoms with Crippen molar-refractivity contribution in [1.29, 1.82) is 0 Å². The molecule has 0 spiro atoms. The minimum absolute atomic E-state index is 0.0533. The summed E-state index contributed by atoms with van der Waals surface area (Å²) in [6, 6.07) is 26.4. The van der Waals surface area contributed by atoms with Crippen molar-refractivity contribution in [3.8, 4) is 11.3 Å². The molecule has 0 radical (unpaired) electrons. The maximum atomic E-state index is 12.6. The lowest BCUT2D eigenvalue weighted by Gasteiger charge is -2.41. The molecule has 0 bridgehead atoms. The van der Waals surface area contributed by atoms with Gasteiger partial charge in [-0.05, 0) is 79.0 Å². The van der Waals surface area contributed by atoms with Gasteiger partial charge in [-0.25, -0.2) is 0 Å². The molecule has 4 aromatic rings. The summed E-state index contributed by atoms with van der Waals surface area (Å²) in [6.07, 6.45) is 4.29. The number of amidine groups is 1. The first-order valence-corrected chi connectivity index (χ1v) is 15.8. The fraction of sp³-hybridized carbons (Fsp3) is 0.378. The van der Waals surface area contributed by atoms with Gasteiger partial charge >= 0.3 is 5.97 Å². The lowest BCUT2D eigenvalue weighted by atomic mass is 9.71. The van der Waals surface area contributed by atoms with Crippen LogP contribution in [0.3, 0.4) is 0 Å². The molecule has 3 aromatic carbocycles. The van der Waals surface area contributed by atoms with Gasteiger partial charge in [0.25, 0.3) is 11.9 Å². The summed E-state index contributed by atoms with van der Waals surface area (Å²) in [5.74, 6) is 0.206. The standard InChI is InChI=1S/C37H41N3O5/c1-37(2,3)27-16-18-28(19-17-27)40-31(24-12-14-25(15-13-24)35(43)38-21-20-34(41)42)23-44-36(40)39-30-10-6-5-9-29(30)33-22-26-8-4-7-11-32(26)45-33/h4-15,22,27-28,31H,16-21,23H2,1-3H3,(H,38,43)(H,41,42)/b39-36-. The van der Waals surface area contributed by atoms with Gasteiger partial charge in [-0.1, -0.05) is 63.2 Å². The summed E-state index contributed by atoms with van der Waals surface area (Å²) >= 11 is 0. The number of carbonyl (C=O) groups is 2. The van der Waals surface area contributed by atoms with Crippen LogP contribution in [-0.4, -0.2) is 47.1 Å². The molecule has 1 amide bonds. The molecule has 2 heterocycles. The van der Waals surface area contributed by atoms with E-state index in [-0.39, 0.29) is 36.4 Å². The number of carboxylic acid groups (broad SMARTS) is 1. The molecule has 2 N–H and O–H groups in total. The first-order valence-electron chi connectivity index (χ1n) is 15.8. The average Bonchev–Trinajstić information content (AvgIpc) is 3.65. The highest BCUT2D eigenvalue weighted by atomic mass is 16.5. The number of aliphatic imine (C=N–C) groups is 1. The van der Waals surface area contributed by atoms with Gasteiger partial charge in [0, 0.05) is 29.1 Å². The number of hydrogen-bond acceptors (Lipinski definition) is 5. The van der Waals surface area contributed by atoms with Crippen molar-refractivity contribution in [3.05, 3.63) is 90.0 Å². The third-order valence-electron chi connectivity index (χ3n) is 9.23. The van der Waals surface area contributed by atoms with Crippen LogP contribution in [-0.2, 0) is 9.53 Å². The van der Waals surface area contributed by atoms with Crippen molar-refractivity contribution < 1.29 is 23.8 Å². The first kappa shape index (κ1) is 30.4. The van der Waals surface area contributed by atoms with Crippen molar-refractivity contribution in [1.82, 2.24) is 10.2 Å². The minimum Gasteiger partial charge on any atom is -0.481 e. The molecular formula is C37H41N3O5. The molecule has 1 aliphatic heterocycles. The van der Waals surface area contributed by atoms with Gasteiger partial charge in [0.15, 0.2) is 0 Å². The van der Waals surface area contributed by atoms with Crippen molar-refractivity contribution in [2.45, 2.75) is 65.0 Å². The highest BCUT2D eigenvalue weighted by Gasteiger charge is 2.41. The predicted octanol–water partition coefficient (Wildman–Crippen LogP) is 7.97. The second-order valence-corrected chi connectivity index (χ2v) is 13.2. The fourth-order valence-electron chi connectivity index (χ4n) is 6.66. The van der Waals surface area contributed by atoms with Crippen LogP contribution in [0.15, 0.2) is 88.3 Å². The van der Waals surface area contributed by atoms with Crippen LogP contribution < -0.4 is 5.32 Å². The van der Waals surface area contributed by atoms with E-state index in [1.165, 1.54) is 0 Å². The van der Waals surface area contributed by atoms with Crippen LogP contribution in [0.2, 0.25) is 0 Å². The lowest BCUT2D eigenvalue weighted by Crippen LogP contribution is -2.42. The van der Waals surface area contributed by atoms with Gasteiger partial charge in [-0.3, -0.25) is 9.59 Å². The molecule has 1 saturated carbocycles. The Morgan fingerprint density at radius 2 is 1.67 bits per heavy atom. The van der Waals surface area contributed by atoms with Crippen molar-refractivity contribution in [2.75, 3.05) is 13.2 Å². The van der Waals surface area contributed by atoms with Crippen LogP contribution in [0.1, 0.15) is 74.8 Å². The van der Waals surface area contributed by atoms with E-state index < -0.39 is 5.97 Å². The number of para-hydroxylation sites is 2. The number of carbonyl (C=O) groups excluding carboxylic acids is 1. The Labute approximate surface area is 264 Å². The van der Waals surface area contributed by atoms with Crippen LogP contribution >= 0.6 is 0 Å². The number of carboxylic acids is 1. The number of aliphatic carboxylic acids is 1. The Kier molecular flexibility index (Phi) is 8.65. The maximum absolute atomic E-state index is 12.6. The van der Waals surface area contributed by atoms with Gasteiger partial charge in [-0.2, -0.15) is 4.99 Å². The van der Waals surface area contributed by atoms with Crippen molar-refractivity contribution in [2.24, 2.45) is 16.3 Å². The van der Waals surface area contributed by atoms with Gasteiger partial charge < -0.3 is 24.5 Å². The maximum Gasteiger partial charge on any atom is 0.305 e. The Morgan fingerprint density at radius 3 is 2.38 bits per heavy atom. The Hall–Kier alpha value is -4.59. The smallest absolute Gasteiger partial charge is 0.305 e. The fourth-order valence-corrected chi connectivity index (χ4v) is 6.66. The summed E-state index contributed by atoms with van der Waals surface area (Å²) in [5, 5.41) is 12.6. The molecular weight excluding hydrogens is 566 g/mol. The zero-order valence-electron chi connectivity index (χ0n) is 26.2. The molecule has 1 saturated heterocycles. The molecule has 8 heteroatoms. The molecule has 2 fully saturated rings. The highest BCUT2D eigenvalue weighted by Crippen LogP contribution is 2.43. The SMILES string of the molecule is CC(C)(C)C1CCC(N2/C(=N/c3ccccc3-c3cc4ccccc4o3)OCC2c2ccc(C(=O)NCCC(=O)O)cc2)CC1. The van der Waals surface area contributed by atoms with Gasteiger partial charge in [-0.15, -0.1) is 0 Å². The summed E-state index contributed by atoms with van der Waals surface area (Å²) in [5.41, 5.74) is 4.34. The molecule has 1 aliphatic carbocycles. The quantitative estimate of drug-likeness (QED) is 0.211. The van der Waals surface area contributed by atoms with E-state index in [0.717, 1.165) is 59.2 Å². The van der Waals surface area contributed by atoms with E-state index in [9.17, 15) is 9.59 Å². The Bertz CT molecular complexity index is 1660. The topological polar surface area (TPSA) is 104 Å². The number of amides is 1. The largest absolute Gasteiger partial charge is 0.481 e. The Balaban J connectivity index is 1.30. The zero-order chi connectivity index (χ0) is 31.6. The number of ether oxygens (including phenoxy) is 1. The van der Waals surface area contributed by atoms with E-state index in [2.05, 4.69) is 37.1 Å². The first-order chi connectivity index (χ1) is 21.7. The van der Waals surface area contributed by atoms with E-state index in [1.807, 2.05) is 60.7 Å². The average molecular weight is 608 g/mol. The number of furan rings is 1. The van der Waals surface area contributed by atoms with E-state index >= 15 is 0 Å². The second kappa shape index (κ2) is 12.8. The Morgan fingerprint density at radius 1 is 0.956 bits per heavy atom. The monoisotopic (exact) mass is 607 g/mol. The summed E-state index contributed by atoms with van der Waals surface area (Å²) in [4.78, 5) is 30.9. The van der Waals surface area contributed by atoms with Gasteiger partial charge in [0.05, 0.1) is 18.2 Å². The number of rotatable bonds is 8. The van der Waals surface area contributed by atoms with Gasteiger partial charge in [0.2, 0.25) is 0 Å². The normalized spacial score (nSPS) is 21.2. The molecule has 6 rings (SSSR count). The zero-order valence-corrected chi connectivity index (χ0v) is 26.2. The number of nitrogens with zero attached hydrogens (tertiary/aromatic N) is 2. The number of benzene rings is 3. The molecule has 234 valence electrons. The molecule has 2 aliphatic rings. The number of hydrogen-bond donors (Lipinski definition) is 2. The summed E-state index contributed by atoms with van der Waals surface area (Å²) in [7, 11) is 0. The van der Waals surface area contributed by atoms with Crippen molar-refractivity contribution in [3.63, 3.8) is 0 Å². The van der Waals surface area contributed by atoms with Crippen LogP contribution in [0, 0.1) is 11.3 Å². The van der Waals surface area contributed by atoms with Crippen LogP contribution in [0.25, 0.3) is 22.3 Å².